The van der Waals surface area contributed by atoms with Gasteiger partial charge < -0.3 is 15.2 Å². The van der Waals surface area contributed by atoms with Crippen molar-refractivity contribution in [1.29, 1.82) is 0 Å². The molecule has 0 spiro atoms. The summed E-state index contributed by atoms with van der Waals surface area (Å²) in [6.07, 6.45) is 3.04. The number of carbonyl (C=O) groups is 2. The molecular weight excluding hydrogens is 200 g/mol. The van der Waals surface area contributed by atoms with Gasteiger partial charge in [0.15, 0.2) is 6.61 Å². The zero-order valence-corrected chi connectivity index (χ0v) is 7.84. The molecule has 2 N–H and O–H groups in total. The van der Waals surface area contributed by atoms with Crippen molar-refractivity contribution >= 4 is 11.9 Å². The van der Waals surface area contributed by atoms with Gasteiger partial charge in [-0.2, -0.15) is 0 Å². The first-order valence-electron chi connectivity index (χ1n) is 4.20. The highest BCUT2D eigenvalue weighted by molar-refractivity contribution is 5.82. The monoisotopic (exact) mass is 210 g/mol. The molecule has 1 heterocycles. The fourth-order valence-electron chi connectivity index (χ4n) is 0.807. The van der Waals surface area contributed by atoms with Crippen LogP contribution in [-0.2, 0) is 9.59 Å². The summed E-state index contributed by atoms with van der Waals surface area (Å²) in [6, 6.07) is 3.32. The molecule has 6 heteroatoms. The molecule has 0 aliphatic carbocycles. The SMILES string of the molecule is O=C(O)CNC(=O)COc1cccnc1. The predicted octanol–water partition coefficient (Wildman–Crippen LogP) is -0.339. The van der Waals surface area contributed by atoms with Crippen LogP contribution in [0.5, 0.6) is 5.75 Å². The molecule has 0 saturated heterocycles. The Morgan fingerprint density at radius 2 is 2.33 bits per heavy atom. The van der Waals surface area contributed by atoms with Crippen LogP contribution < -0.4 is 10.1 Å². The maximum absolute atomic E-state index is 11.0. The molecule has 0 aromatic carbocycles. The second-order valence-corrected chi connectivity index (χ2v) is 2.65. The van der Waals surface area contributed by atoms with Gasteiger partial charge in [-0.15, -0.1) is 0 Å². The minimum absolute atomic E-state index is 0.223. The Labute approximate surface area is 85.9 Å². The van der Waals surface area contributed by atoms with E-state index < -0.39 is 18.4 Å². The van der Waals surface area contributed by atoms with E-state index in [1.165, 1.54) is 6.20 Å². The number of aliphatic carboxylic acids is 1. The van der Waals surface area contributed by atoms with Crippen LogP contribution in [0.15, 0.2) is 24.5 Å². The average Bonchev–Trinajstić information content (AvgIpc) is 2.25. The number of carboxylic acids is 1. The number of hydrogen-bond donors (Lipinski definition) is 2. The van der Waals surface area contributed by atoms with Crippen molar-refractivity contribution in [3.05, 3.63) is 24.5 Å². The number of carboxylic acid groups (broad SMARTS) is 1. The minimum atomic E-state index is -1.09. The molecule has 0 bridgehead atoms. The molecule has 1 amide bonds. The summed E-state index contributed by atoms with van der Waals surface area (Å²) >= 11 is 0. The van der Waals surface area contributed by atoms with Gasteiger partial charge in [0.05, 0.1) is 6.20 Å². The third-order valence-corrected chi connectivity index (χ3v) is 1.44. The quantitative estimate of drug-likeness (QED) is 0.694. The highest BCUT2D eigenvalue weighted by Gasteiger charge is 2.04. The molecule has 1 aromatic heterocycles. The molecule has 0 fully saturated rings. The number of ether oxygens (including phenoxy) is 1. The smallest absolute Gasteiger partial charge is 0.322 e. The van der Waals surface area contributed by atoms with Crippen LogP contribution in [0.3, 0.4) is 0 Å². The Morgan fingerprint density at radius 3 is 2.93 bits per heavy atom. The molecule has 15 heavy (non-hydrogen) atoms. The lowest BCUT2D eigenvalue weighted by atomic mass is 10.5. The van der Waals surface area contributed by atoms with Crippen LogP contribution in [0.25, 0.3) is 0 Å². The number of pyridine rings is 1. The summed E-state index contributed by atoms with van der Waals surface area (Å²) in [5, 5.41) is 10.5. The normalized spacial score (nSPS) is 9.33. The summed E-state index contributed by atoms with van der Waals surface area (Å²) in [5.41, 5.74) is 0. The molecule has 1 aromatic rings. The maximum Gasteiger partial charge on any atom is 0.322 e. The van der Waals surface area contributed by atoms with Gasteiger partial charge in [-0.05, 0) is 12.1 Å². The Morgan fingerprint density at radius 1 is 1.53 bits per heavy atom. The standard InChI is InChI=1S/C9H10N2O4/c12-8(11-5-9(13)14)6-15-7-2-1-3-10-4-7/h1-4H,5-6H2,(H,11,12)(H,13,14). The van der Waals surface area contributed by atoms with Gasteiger partial charge in [-0.3, -0.25) is 14.6 Å². The first-order chi connectivity index (χ1) is 7.18. The van der Waals surface area contributed by atoms with Gasteiger partial charge in [0.1, 0.15) is 12.3 Å². The van der Waals surface area contributed by atoms with E-state index in [0.717, 1.165) is 0 Å². The predicted molar refractivity (Wildman–Crippen MR) is 50.4 cm³/mol. The molecule has 0 saturated carbocycles. The summed E-state index contributed by atoms with van der Waals surface area (Å²) in [4.78, 5) is 24.9. The zero-order chi connectivity index (χ0) is 11.1. The van der Waals surface area contributed by atoms with Crippen LogP contribution in [0, 0.1) is 0 Å². The molecule has 0 unspecified atom stereocenters. The first kappa shape index (κ1) is 11.0. The average molecular weight is 210 g/mol. The number of aromatic nitrogens is 1. The highest BCUT2D eigenvalue weighted by Crippen LogP contribution is 2.04. The molecular formula is C9H10N2O4. The fraction of sp³-hybridized carbons (Fsp3) is 0.222. The third kappa shape index (κ3) is 4.61. The summed E-state index contributed by atoms with van der Waals surface area (Å²) in [5.74, 6) is -1.12. The van der Waals surface area contributed by atoms with E-state index in [2.05, 4.69) is 10.3 Å². The lowest BCUT2D eigenvalue weighted by molar-refractivity contribution is -0.138. The number of amides is 1. The van der Waals surface area contributed by atoms with Crippen LogP contribution >= 0.6 is 0 Å². The van der Waals surface area contributed by atoms with Crippen molar-refractivity contribution in [3.8, 4) is 5.75 Å². The number of rotatable bonds is 5. The van der Waals surface area contributed by atoms with Gasteiger partial charge >= 0.3 is 5.97 Å². The van der Waals surface area contributed by atoms with Crippen molar-refractivity contribution in [2.24, 2.45) is 0 Å². The van der Waals surface area contributed by atoms with E-state index in [1.807, 2.05) is 0 Å². The van der Waals surface area contributed by atoms with E-state index in [-0.39, 0.29) is 6.61 Å². The second kappa shape index (κ2) is 5.58. The number of nitrogens with one attached hydrogen (secondary N) is 1. The van der Waals surface area contributed by atoms with Gasteiger partial charge in [-0.1, -0.05) is 0 Å². The molecule has 0 radical (unpaired) electrons. The van der Waals surface area contributed by atoms with Gasteiger partial charge in [0.25, 0.3) is 5.91 Å². The van der Waals surface area contributed by atoms with E-state index >= 15 is 0 Å². The van der Waals surface area contributed by atoms with Crippen molar-refractivity contribution in [2.75, 3.05) is 13.2 Å². The molecule has 6 nitrogen and oxygen atoms in total. The van der Waals surface area contributed by atoms with Gasteiger partial charge in [0.2, 0.25) is 0 Å². The first-order valence-corrected chi connectivity index (χ1v) is 4.20. The zero-order valence-electron chi connectivity index (χ0n) is 7.84. The summed E-state index contributed by atoms with van der Waals surface area (Å²) in [7, 11) is 0. The van der Waals surface area contributed by atoms with E-state index in [4.69, 9.17) is 9.84 Å². The second-order valence-electron chi connectivity index (χ2n) is 2.65. The van der Waals surface area contributed by atoms with Crippen molar-refractivity contribution in [2.45, 2.75) is 0 Å². The maximum atomic E-state index is 11.0. The summed E-state index contributed by atoms with van der Waals surface area (Å²) in [6.45, 7) is -0.631. The van der Waals surface area contributed by atoms with Crippen molar-refractivity contribution in [1.82, 2.24) is 10.3 Å². The minimum Gasteiger partial charge on any atom is -0.482 e. The topological polar surface area (TPSA) is 88.5 Å². The Hall–Kier alpha value is -2.11. The van der Waals surface area contributed by atoms with Crippen LogP contribution in [0.1, 0.15) is 0 Å². The Kier molecular flexibility index (Phi) is 4.08. The lowest BCUT2D eigenvalue weighted by Crippen LogP contribution is -2.33. The molecule has 0 aliphatic heterocycles. The summed E-state index contributed by atoms with van der Waals surface area (Å²) < 4.78 is 5.03. The van der Waals surface area contributed by atoms with Gasteiger partial charge in [0, 0.05) is 6.20 Å². The van der Waals surface area contributed by atoms with Gasteiger partial charge in [-0.25, -0.2) is 0 Å². The van der Waals surface area contributed by atoms with Crippen LogP contribution in [0.4, 0.5) is 0 Å². The van der Waals surface area contributed by atoms with Crippen LogP contribution in [0.2, 0.25) is 0 Å². The molecule has 0 aliphatic rings. The lowest BCUT2D eigenvalue weighted by Gasteiger charge is -2.04. The fourth-order valence-corrected chi connectivity index (χ4v) is 0.807. The van der Waals surface area contributed by atoms with E-state index in [1.54, 1.807) is 18.3 Å². The highest BCUT2D eigenvalue weighted by atomic mass is 16.5. The molecule has 0 atom stereocenters. The molecule has 1 rings (SSSR count). The van der Waals surface area contributed by atoms with Crippen molar-refractivity contribution in [3.63, 3.8) is 0 Å². The van der Waals surface area contributed by atoms with Crippen LogP contribution in [-0.4, -0.2) is 35.1 Å². The number of nitrogens with zero attached hydrogens (tertiary/aromatic N) is 1. The Balaban J connectivity index is 2.26. The van der Waals surface area contributed by atoms with E-state index in [9.17, 15) is 9.59 Å². The molecule has 80 valence electrons. The third-order valence-electron chi connectivity index (χ3n) is 1.44. The van der Waals surface area contributed by atoms with E-state index in [0.29, 0.717) is 5.75 Å². The number of hydrogen-bond acceptors (Lipinski definition) is 4. The van der Waals surface area contributed by atoms with Crippen molar-refractivity contribution < 1.29 is 19.4 Å². The number of carbonyl (C=O) groups excluding carboxylic acids is 1. The Bertz CT molecular complexity index is 339. The largest absolute Gasteiger partial charge is 0.482 e.